The number of carbonyl (C=O) groups is 1. The molecule has 26 heavy (non-hydrogen) atoms. The molecule has 2 aromatic carbocycles. The predicted molar refractivity (Wildman–Crippen MR) is 109 cm³/mol. The van der Waals surface area contributed by atoms with Crippen molar-refractivity contribution in [3.05, 3.63) is 48.0 Å². The Morgan fingerprint density at radius 2 is 1.73 bits per heavy atom. The average molecular weight is 354 g/mol. The smallest absolute Gasteiger partial charge is 0.224 e. The summed E-state index contributed by atoms with van der Waals surface area (Å²) in [6.07, 6.45) is 0.473. The van der Waals surface area contributed by atoms with Gasteiger partial charge in [-0.25, -0.2) is 4.99 Å². The van der Waals surface area contributed by atoms with E-state index in [9.17, 15) is 4.79 Å². The summed E-state index contributed by atoms with van der Waals surface area (Å²) < 4.78 is 0. The van der Waals surface area contributed by atoms with E-state index in [1.54, 1.807) is 0 Å². The molecule has 0 unspecified atom stereocenters. The van der Waals surface area contributed by atoms with Crippen molar-refractivity contribution in [2.75, 3.05) is 26.2 Å². The van der Waals surface area contributed by atoms with Gasteiger partial charge < -0.3 is 15.5 Å². The number of rotatable bonds is 8. The lowest BCUT2D eigenvalue weighted by molar-refractivity contribution is -0.130. The van der Waals surface area contributed by atoms with Crippen LogP contribution in [0.5, 0.6) is 0 Å². The lowest BCUT2D eigenvalue weighted by Gasteiger charge is -2.19. The predicted octanol–water partition coefficient (Wildman–Crippen LogP) is 3.15. The molecule has 2 aromatic rings. The number of guanidine groups is 1. The maximum absolute atomic E-state index is 12.1. The SMILES string of the molecule is CCNC(=NCc1cccc2ccccc12)NCCC(=O)N(CC)CC. The fourth-order valence-electron chi connectivity index (χ4n) is 2.96. The molecule has 140 valence electrons. The summed E-state index contributed by atoms with van der Waals surface area (Å²) in [7, 11) is 0. The molecule has 0 bridgehead atoms. The van der Waals surface area contributed by atoms with Crippen LogP contribution in [0.1, 0.15) is 32.8 Å². The van der Waals surface area contributed by atoms with E-state index in [1.807, 2.05) is 31.7 Å². The first-order valence-electron chi connectivity index (χ1n) is 9.46. The number of hydrogen-bond donors (Lipinski definition) is 2. The summed E-state index contributed by atoms with van der Waals surface area (Å²) in [5.74, 6) is 0.917. The van der Waals surface area contributed by atoms with Crippen LogP contribution in [0, 0.1) is 0 Å². The van der Waals surface area contributed by atoms with Gasteiger partial charge in [0.15, 0.2) is 5.96 Å². The number of aliphatic imine (C=N–C) groups is 1. The maximum atomic E-state index is 12.1. The van der Waals surface area contributed by atoms with Crippen LogP contribution in [0.2, 0.25) is 0 Å². The minimum Gasteiger partial charge on any atom is -0.357 e. The number of amides is 1. The normalized spacial score (nSPS) is 11.4. The summed E-state index contributed by atoms with van der Waals surface area (Å²) in [6, 6.07) is 14.6. The molecule has 0 aromatic heterocycles. The molecular weight excluding hydrogens is 324 g/mol. The first-order valence-corrected chi connectivity index (χ1v) is 9.46. The van der Waals surface area contributed by atoms with E-state index in [0.717, 1.165) is 25.6 Å². The van der Waals surface area contributed by atoms with Crippen molar-refractivity contribution in [2.45, 2.75) is 33.7 Å². The van der Waals surface area contributed by atoms with Crippen LogP contribution in [-0.4, -0.2) is 42.9 Å². The van der Waals surface area contributed by atoms with Crippen LogP contribution >= 0.6 is 0 Å². The van der Waals surface area contributed by atoms with E-state index < -0.39 is 0 Å². The Hall–Kier alpha value is -2.56. The van der Waals surface area contributed by atoms with E-state index in [2.05, 4.69) is 52.0 Å². The fourth-order valence-corrected chi connectivity index (χ4v) is 2.96. The highest BCUT2D eigenvalue weighted by Gasteiger charge is 2.09. The van der Waals surface area contributed by atoms with Crippen molar-refractivity contribution < 1.29 is 4.79 Å². The Morgan fingerprint density at radius 1 is 1.00 bits per heavy atom. The minimum absolute atomic E-state index is 0.174. The molecule has 0 aliphatic carbocycles. The molecule has 1 amide bonds. The highest BCUT2D eigenvalue weighted by molar-refractivity contribution is 5.86. The fraction of sp³-hybridized carbons (Fsp3) is 0.429. The maximum Gasteiger partial charge on any atom is 0.224 e. The zero-order chi connectivity index (χ0) is 18.8. The molecule has 0 saturated heterocycles. The molecular formula is C21H30N4O. The lowest BCUT2D eigenvalue weighted by atomic mass is 10.1. The first kappa shape index (κ1) is 19.8. The van der Waals surface area contributed by atoms with E-state index in [4.69, 9.17) is 0 Å². The van der Waals surface area contributed by atoms with Crippen LogP contribution in [0.4, 0.5) is 0 Å². The van der Waals surface area contributed by atoms with E-state index in [-0.39, 0.29) is 5.91 Å². The van der Waals surface area contributed by atoms with Crippen molar-refractivity contribution in [3.8, 4) is 0 Å². The Morgan fingerprint density at radius 3 is 2.46 bits per heavy atom. The van der Waals surface area contributed by atoms with E-state index >= 15 is 0 Å². The molecule has 0 fully saturated rings. The second kappa shape index (κ2) is 10.4. The third kappa shape index (κ3) is 5.48. The molecule has 0 aliphatic rings. The highest BCUT2D eigenvalue weighted by atomic mass is 16.2. The summed E-state index contributed by atoms with van der Waals surface area (Å²) in [5.41, 5.74) is 1.19. The van der Waals surface area contributed by atoms with Gasteiger partial charge in [-0.2, -0.15) is 0 Å². The van der Waals surface area contributed by atoms with Crippen molar-refractivity contribution in [1.82, 2.24) is 15.5 Å². The van der Waals surface area contributed by atoms with Gasteiger partial charge in [0.2, 0.25) is 5.91 Å². The molecule has 0 atom stereocenters. The van der Waals surface area contributed by atoms with E-state index in [1.165, 1.54) is 16.3 Å². The van der Waals surface area contributed by atoms with Crippen molar-refractivity contribution in [3.63, 3.8) is 0 Å². The van der Waals surface area contributed by atoms with Crippen LogP contribution in [-0.2, 0) is 11.3 Å². The summed E-state index contributed by atoms with van der Waals surface area (Å²) in [4.78, 5) is 18.6. The largest absolute Gasteiger partial charge is 0.357 e. The van der Waals surface area contributed by atoms with Crippen LogP contribution in [0.25, 0.3) is 10.8 Å². The zero-order valence-electron chi connectivity index (χ0n) is 16.1. The first-order chi connectivity index (χ1) is 12.7. The molecule has 0 saturated carbocycles. The van der Waals surface area contributed by atoms with Gasteiger partial charge in [-0.05, 0) is 37.1 Å². The average Bonchev–Trinajstić information content (AvgIpc) is 2.67. The molecule has 5 nitrogen and oxygen atoms in total. The van der Waals surface area contributed by atoms with Crippen molar-refractivity contribution in [2.24, 2.45) is 4.99 Å². The standard InChI is InChI=1S/C21H30N4O/c1-4-22-21(23-15-14-20(26)25(5-2)6-3)24-16-18-12-9-11-17-10-7-8-13-19(17)18/h7-13H,4-6,14-16H2,1-3H3,(H2,22,23,24). The Balaban J connectivity index is 1.99. The van der Waals surface area contributed by atoms with Gasteiger partial charge in [0, 0.05) is 32.6 Å². The number of carbonyl (C=O) groups excluding carboxylic acids is 1. The Labute approximate surface area is 156 Å². The number of hydrogen-bond acceptors (Lipinski definition) is 2. The lowest BCUT2D eigenvalue weighted by Crippen LogP contribution is -2.40. The Bertz CT molecular complexity index is 732. The topological polar surface area (TPSA) is 56.7 Å². The third-order valence-electron chi connectivity index (χ3n) is 4.38. The summed E-state index contributed by atoms with van der Waals surface area (Å²) in [6.45, 7) is 9.52. The van der Waals surface area contributed by atoms with E-state index in [0.29, 0.717) is 19.5 Å². The van der Waals surface area contributed by atoms with Gasteiger partial charge in [-0.15, -0.1) is 0 Å². The number of nitrogens with one attached hydrogen (secondary N) is 2. The third-order valence-corrected chi connectivity index (χ3v) is 4.38. The van der Waals surface area contributed by atoms with Gasteiger partial charge in [0.1, 0.15) is 0 Å². The van der Waals surface area contributed by atoms with Crippen molar-refractivity contribution >= 4 is 22.6 Å². The van der Waals surface area contributed by atoms with Gasteiger partial charge >= 0.3 is 0 Å². The van der Waals surface area contributed by atoms with Gasteiger partial charge in [0.25, 0.3) is 0 Å². The van der Waals surface area contributed by atoms with Crippen LogP contribution in [0.15, 0.2) is 47.5 Å². The van der Waals surface area contributed by atoms with Crippen molar-refractivity contribution in [1.29, 1.82) is 0 Å². The second-order valence-corrected chi connectivity index (χ2v) is 6.08. The Kier molecular flexibility index (Phi) is 7.93. The number of benzene rings is 2. The summed E-state index contributed by atoms with van der Waals surface area (Å²) in [5, 5.41) is 8.96. The quantitative estimate of drug-likeness (QED) is 0.565. The van der Waals surface area contributed by atoms with Crippen LogP contribution < -0.4 is 10.6 Å². The minimum atomic E-state index is 0.174. The number of nitrogens with zero attached hydrogens (tertiary/aromatic N) is 2. The monoisotopic (exact) mass is 354 g/mol. The van der Waals surface area contributed by atoms with Gasteiger partial charge in [0.05, 0.1) is 6.54 Å². The molecule has 0 spiro atoms. The highest BCUT2D eigenvalue weighted by Crippen LogP contribution is 2.19. The molecule has 0 heterocycles. The zero-order valence-corrected chi connectivity index (χ0v) is 16.1. The number of fused-ring (bicyclic) bond motifs is 1. The molecule has 2 rings (SSSR count). The molecule has 2 N–H and O–H groups in total. The molecule has 0 aliphatic heterocycles. The van der Waals surface area contributed by atoms with Crippen LogP contribution in [0.3, 0.4) is 0 Å². The molecule has 0 radical (unpaired) electrons. The second-order valence-electron chi connectivity index (χ2n) is 6.08. The van der Waals surface area contributed by atoms with Gasteiger partial charge in [-0.1, -0.05) is 42.5 Å². The summed E-state index contributed by atoms with van der Waals surface area (Å²) >= 11 is 0. The molecule has 5 heteroatoms. The van der Waals surface area contributed by atoms with Gasteiger partial charge in [-0.3, -0.25) is 4.79 Å².